The van der Waals surface area contributed by atoms with Gasteiger partial charge >= 0.3 is 0 Å². The molecule has 76 heavy (non-hydrogen) atoms. The van der Waals surface area contributed by atoms with Crippen LogP contribution < -0.4 is 9.80 Å². The quantitative estimate of drug-likeness (QED) is 0.153. The van der Waals surface area contributed by atoms with E-state index in [-0.39, 0.29) is 0 Å². The molecule has 11 aromatic rings. The van der Waals surface area contributed by atoms with Crippen LogP contribution in [-0.4, -0.2) is 0 Å². The summed E-state index contributed by atoms with van der Waals surface area (Å²) in [5.41, 5.74) is 23.5. The van der Waals surface area contributed by atoms with Crippen molar-refractivity contribution in [3.8, 4) is 22.3 Å². The first-order chi connectivity index (χ1) is 37.7. The molecule has 0 fully saturated rings. The molecule has 0 aromatic heterocycles. The number of para-hydroxylation sites is 3. The van der Waals surface area contributed by atoms with Gasteiger partial charge in [0.1, 0.15) is 0 Å². The third-order valence-electron chi connectivity index (χ3n) is 17.0. The topological polar surface area (TPSA) is 6.48 Å². The molecule has 2 aliphatic carbocycles. The Labute approximate surface area is 445 Å². The number of hydrogen-bond donors (Lipinski definition) is 0. The van der Waals surface area contributed by atoms with Gasteiger partial charge in [-0.25, -0.2) is 0 Å². The summed E-state index contributed by atoms with van der Waals surface area (Å²) in [4.78, 5) is 5.12. The van der Waals surface area contributed by atoms with Gasteiger partial charge in [-0.15, -0.1) is 0 Å². The van der Waals surface area contributed by atoms with Crippen LogP contribution in [-0.2, 0) is 19.3 Å². The molecule has 0 spiro atoms. The molecule has 2 aliphatic heterocycles. The Hall–Kier alpha value is -8.98. The smallest absolute Gasteiger partial charge is 0.0493 e. The molecule has 0 atom stereocenters. The summed E-state index contributed by atoms with van der Waals surface area (Å²) in [5.74, 6) is 0. The van der Waals surface area contributed by atoms with Crippen molar-refractivity contribution in [2.75, 3.05) is 9.80 Å². The molecular formula is C74H56N2. The molecule has 0 amide bonds. The maximum absolute atomic E-state index is 2.59. The van der Waals surface area contributed by atoms with Gasteiger partial charge in [-0.1, -0.05) is 182 Å². The number of fused-ring (bicyclic) bond motifs is 7. The minimum absolute atomic E-state index is 0.937. The molecule has 2 heterocycles. The second-order valence-corrected chi connectivity index (χ2v) is 21.3. The molecule has 0 radical (unpaired) electrons. The fourth-order valence-electron chi connectivity index (χ4n) is 13.2. The van der Waals surface area contributed by atoms with Crippen molar-refractivity contribution in [2.45, 2.75) is 51.4 Å². The Kier molecular flexibility index (Phi) is 10.8. The molecule has 2 heteroatoms. The third kappa shape index (κ3) is 7.62. The van der Waals surface area contributed by atoms with Crippen LogP contribution in [0, 0.1) is 0 Å². The van der Waals surface area contributed by atoms with Gasteiger partial charge in [-0.2, -0.15) is 0 Å². The van der Waals surface area contributed by atoms with Crippen molar-refractivity contribution in [1.82, 2.24) is 0 Å². The highest BCUT2D eigenvalue weighted by Gasteiger charge is 2.28. The highest BCUT2D eigenvalue weighted by molar-refractivity contribution is 6.20. The molecule has 0 bridgehead atoms. The number of allylic oxidation sites excluding steroid dienone is 7. The molecule has 0 unspecified atom stereocenters. The van der Waals surface area contributed by atoms with E-state index in [9.17, 15) is 0 Å². The van der Waals surface area contributed by atoms with Gasteiger partial charge in [0.05, 0.1) is 0 Å². The summed E-state index contributed by atoms with van der Waals surface area (Å²) in [5, 5.41) is 10.2. The summed E-state index contributed by atoms with van der Waals surface area (Å²) in [6, 6.07) is 82.6. The predicted molar refractivity (Wildman–Crippen MR) is 323 cm³/mol. The van der Waals surface area contributed by atoms with Crippen molar-refractivity contribution in [2.24, 2.45) is 0 Å². The zero-order valence-electron chi connectivity index (χ0n) is 42.6. The van der Waals surface area contributed by atoms with Crippen LogP contribution in [0.15, 0.2) is 254 Å². The van der Waals surface area contributed by atoms with Crippen LogP contribution in [0.25, 0.3) is 76.5 Å². The highest BCUT2D eigenvalue weighted by Crippen LogP contribution is 2.51. The Morgan fingerprint density at radius 2 is 0.789 bits per heavy atom. The SMILES string of the molecule is C1=CC2=C(CC1)CCc1ccccc1N2c1ccc2c(-c3ccc(-c4ccc5ccccc5c4)cc3)c3cc(N4c5ccccc5CCc5ccccc54)ccc3c(C3=CC=C(c4ccc5ccccc5c4)CC3)c2c1. The Bertz CT molecular complexity index is 4250. The first-order valence-corrected chi connectivity index (χ1v) is 27.4. The molecule has 11 aromatic carbocycles. The van der Waals surface area contributed by atoms with Gasteiger partial charge < -0.3 is 9.80 Å². The number of aryl methyl sites for hydroxylation is 3. The number of rotatable bonds is 6. The van der Waals surface area contributed by atoms with E-state index in [0.29, 0.717) is 0 Å². The van der Waals surface area contributed by atoms with Crippen LogP contribution in [0.3, 0.4) is 0 Å². The van der Waals surface area contributed by atoms with Crippen molar-refractivity contribution < 1.29 is 0 Å². The summed E-state index contributed by atoms with van der Waals surface area (Å²) in [7, 11) is 0. The van der Waals surface area contributed by atoms with E-state index in [4.69, 9.17) is 0 Å². The fraction of sp³-hybridized carbons (Fsp3) is 0.108. The average Bonchev–Trinajstić information content (AvgIpc) is 3.81. The molecule has 0 N–H and O–H groups in total. The van der Waals surface area contributed by atoms with Crippen molar-refractivity contribution in [3.63, 3.8) is 0 Å². The maximum Gasteiger partial charge on any atom is 0.0493 e. The second-order valence-electron chi connectivity index (χ2n) is 21.3. The summed E-state index contributed by atoms with van der Waals surface area (Å²) in [6.45, 7) is 0. The summed E-state index contributed by atoms with van der Waals surface area (Å²) < 4.78 is 0. The van der Waals surface area contributed by atoms with E-state index in [1.807, 2.05) is 0 Å². The van der Waals surface area contributed by atoms with Gasteiger partial charge in [-0.05, 0) is 222 Å². The molecule has 0 saturated heterocycles. The van der Waals surface area contributed by atoms with Crippen LogP contribution >= 0.6 is 0 Å². The zero-order chi connectivity index (χ0) is 50.1. The first-order valence-electron chi connectivity index (χ1n) is 27.4. The lowest BCUT2D eigenvalue weighted by molar-refractivity contribution is 0.833. The lowest BCUT2D eigenvalue weighted by Crippen LogP contribution is -2.18. The number of anilines is 5. The van der Waals surface area contributed by atoms with Crippen LogP contribution in [0.1, 0.15) is 59.9 Å². The molecule has 4 aliphatic rings. The van der Waals surface area contributed by atoms with Crippen molar-refractivity contribution in [1.29, 1.82) is 0 Å². The molecule has 362 valence electrons. The van der Waals surface area contributed by atoms with Gasteiger partial charge in [-0.3, -0.25) is 0 Å². The number of benzene rings is 11. The predicted octanol–water partition coefficient (Wildman–Crippen LogP) is 20.2. The third-order valence-corrected chi connectivity index (χ3v) is 17.0. The minimum Gasteiger partial charge on any atom is -0.310 e. The molecule has 2 nitrogen and oxygen atoms in total. The van der Waals surface area contributed by atoms with E-state index in [0.717, 1.165) is 51.4 Å². The standard InChI is InChI=1S/C74H56N2/c1-3-19-59-45-61(39-29-49(59)13-1)51-25-35-57(36-26-51)73-65-43-41-64(76-71-23-11-7-17-55(71)33-34-56-18-8-12-24-72(56)76)48-68(65)74(58-37-27-52(28-38-58)62-40-30-50-14-2-4-20-60(50)46-62)66-44-42-63(47-67(66)73)75-69-21-9-5-15-53(69)31-32-54-16-6-10-22-70(54)75/h1-7,9-17,19-27,29-30,35-37,39-48H,8,18,28,31-34,38H2. The maximum atomic E-state index is 2.59. The van der Waals surface area contributed by atoms with Gasteiger partial charge in [0.15, 0.2) is 0 Å². The summed E-state index contributed by atoms with van der Waals surface area (Å²) >= 11 is 0. The van der Waals surface area contributed by atoms with Crippen molar-refractivity contribution in [3.05, 3.63) is 282 Å². The Morgan fingerprint density at radius 1 is 0.303 bits per heavy atom. The van der Waals surface area contributed by atoms with Gasteiger partial charge in [0.25, 0.3) is 0 Å². The normalized spacial score (nSPS) is 15.2. The van der Waals surface area contributed by atoms with E-state index >= 15 is 0 Å². The monoisotopic (exact) mass is 972 g/mol. The van der Waals surface area contributed by atoms with Gasteiger partial charge in [0.2, 0.25) is 0 Å². The van der Waals surface area contributed by atoms with E-state index < -0.39 is 0 Å². The fourth-order valence-corrected chi connectivity index (χ4v) is 13.2. The van der Waals surface area contributed by atoms with Crippen LogP contribution in [0.2, 0.25) is 0 Å². The van der Waals surface area contributed by atoms with E-state index in [1.165, 1.54) is 138 Å². The number of nitrogens with zero attached hydrogens (tertiary/aromatic N) is 2. The molecule has 0 saturated carbocycles. The minimum atomic E-state index is 0.937. The lowest BCUT2D eigenvalue weighted by Gasteiger charge is -2.31. The molecular weight excluding hydrogens is 917 g/mol. The van der Waals surface area contributed by atoms with Gasteiger partial charge in [0, 0.05) is 34.1 Å². The average molecular weight is 973 g/mol. The van der Waals surface area contributed by atoms with E-state index in [2.05, 4.69) is 252 Å². The summed E-state index contributed by atoms with van der Waals surface area (Å²) in [6.07, 6.45) is 17.9. The zero-order valence-corrected chi connectivity index (χ0v) is 42.6. The highest BCUT2D eigenvalue weighted by atomic mass is 15.2. The van der Waals surface area contributed by atoms with Crippen LogP contribution in [0.4, 0.5) is 28.4 Å². The number of hydrogen-bond acceptors (Lipinski definition) is 2. The Balaban J connectivity index is 0.997. The molecule has 15 rings (SSSR count). The Morgan fingerprint density at radius 3 is 1.43 bits per heavy atom. The van der Waals surface area contributed by atoms with E-state index in [1.54, 1.807) is 5.57 Å². The lowest BCUT2D eigenvalue weighted by atomic mass is 9.81. The second kappa shape index (κ2) is 18.4. The largest absolute Gasteiger partial charge is 0.310 e. The van der Waals surface area contributed by atoms with Crippen molar-refractivity contribution >= 4 is 82.7 Å². The van der Waals surface area contributed by atoms with Crippen LogP contribution in [0.5, 0.6) is 0 Å². The first kappa shape index (κ1) is 44.5.